The van der Waals surface area contributed by atoms with Crippen molar-refractivity contribution in [2.24, 2.45) is 5.92 Å². The zero-order chi connectivity index (χ0) is 9.52. The molecule has 1 aliphatic heterocycles. The van der Waals surface area contributed by atoms with Crippen LogP contribution in [0.4, 0.5) is 0 Å². The van der Waals surface area contributed by atoms with Crippen molar-refractivity contribution in [3.63, 3.8) is 0 Å². The Balaban J connectivity index is 2.22. The van der Waals surface area contributed by atoms with E-state index in [2.05, 4.69) is 23.7 Å². The van der Waals surface area contributed by atoms with Crippen LogP contribution in [0.2, 0.25) is 0 Å². The summed E-state index contributed by atoms with van der Waals surface area (Å²) < 4.78 is 0. The molecule has 1 N–H and O–H groups in total. The first-order valence-electron chi connectivity index (χ1n) is 5.40. The molecule has 0 saturated carbocycles. The molecule has 1 heterocycles. The summed E-state index contributed by atoms with van der Waals surface area (Å²) in [5.41, 5.74) is 0. The molecule has 1 saturated heterocycles. The van der Waals surface area contributed by atoms with Crippen molar-refractivity contribution in [1.82, 2.24) is 10.2 Å². The van der Waals surface area contributed by atoms with Gasteiger partial charge in [0.05, 0.1) is 0 Å². The van der Waals surface area contributed by atoms with Gasteiger partial charge in [0.15, 0.2) is 0 Å². The molecule has 1 atom stereocenters. The first kappa shape index (κ1) is 10.7. The Kier molecular flexibility index (Phi) is 5.09. The summed E-state index contributed by atoms with van der Waals surface area (Å²) >= 11 is 0. The molecule has 0 spiro atoms. The van der Waals surface area contributed by atoms with Crippen molar-refractivity contribution in [3.8, 4) is 0 Å². The van der Waals surface area contributed by atoms with Crippen LogP contribution in [0.25, 0.3) is 0 Å². The molecule has 76 valence electrons. The van der Waals surface area contributed by atoms with E-state index in [-0.39, 0.29) is 0 Å². The summed E-state index contributed by atoms with van der Waals surface area (Å²) in [5.74, 6) is 0.867. The summed E-state index contributed by atoms with van der Waals surface area (Å²) in [5, 5.41) is 3.41. The van der Waals surface area contributed by atoms with E-state index in [9.17, 15) is 0 Å². The van der Waals surface area contributed by atoms with E-state index in [4.69, 9.17) is 0 Å². The summed E-state index contributed by atoms with van der Waals surface area (Å²) in [6.07, 6.45) is 4.60. The Labute approximate surface area is 82.0 Å². The fourth-order valence-electron chi connectivity index (χ4n) is 1.99. The lowest BCUT2D eigenvalue weighted by Crippen LogP contribution is -2.31. The fraction of sp³-hybridized carbons (Fsp3) is 0.818. The lowest BCUT2D eigenvalue weighted by Gasteiger charge is -2.23. The Morgan fingerprint density at radius 3 is 3.00 bits per heavy atom. The van der Waals surface area contributed by atoms with Crippen molar-refractivity contribution in [2.45, 2.75) is 19.8 Å². The minimum absolute atomic E-state index is 0.867. The molecule has 0 aliphatic carbocycles. The van der Waals surface area contributed by atoms with Gasteiger partial charge in [-0.1, -0.05) is 13.0 Å². The van der Waals surface area contributed by atoms with Crippen molar-refractivity contribution in [2.75, 3.05) is 32.7 Å². The van der Waals surface area contributed by atoms with Gasteiger partial charge >= 0.3 is 0 Å². The second kappa shape index (κ2) is 6.17. The van der Waals surface area contributed by atoms with Gasteiger partial charge in [0.2, 0.25) is 0 Å². The summed E-state index contributed by atoms with van der Waals surface area (Å²) in [7, 11) is 0. The van der Waals surface area contributed by atoms with Crippen LogP contribution in [0.3, 0.4) is 0 Å². The highest BCUT2D eigenvalue weighted by Gasteiger charge is 2.16. The van der Waals surface area contributed by atoms with E-state index in [1.807, 2.05) is 6.08 Å². The highest BCUT2D eigenvalue weighted by Crippen LogP contribution is 2.09. The maximum absolute atomic E-state index is 3.80. The Morgan fingerprint density at radius 1 is 1.62 bits per heavy atom. The number of nitrogens with one attached hydrogen (secondary N) is 1. The molecule has 0 radical (unpaired) electrons. The zero-order valence-corrected chi connectivity index (χ0v) is 8.76. The number of nitrogens with zero attached hydrogens (tertiary/aromatic N) is 1. The molecule has 2 heteroatoms. The molecule has 2 nitrogen and oxygen atoms in total. The second-order valence-corrected chi connectivity index (χ2v) is 3.91. The van der Waals surface area contributed by atoms with Crippen LogP contribution in [0, 0.1) is 5.92 Å². The van der Waals surface area contributed by atoms with Crippen LogP contribution in [0.1, 0.15) is 19.8 Å². The van der Waals surface area contributed by atoms with Gasteiger partial charge in [-0.2, -0.15) is 0 Å². The molecule has 0 amide bonds. The third kappa shape index (κ3) is 3.92. The number of hydrogen-bond donors (Lipinski definition) is 1. The predicted octanol–water partition coefficient (Wildman–Crippen LogP) is 1.49. The lowest BCUT2D eigenvalue weighted by atomic mass is 10.1. The molecular formula is C11H22N2. The molecule has 1 unspecified atom stereocenters. The normalized spacial score (nSPS) is 22.5. The summed E-state index contributed by atoms with van der Waals surface area (Å²) in [4.78, 5) is 2.50. The van der Waals surface area contributed by atoms with Gasteiger partial charge < -0.3 is 5.32 Å². The third-order valence-electron chi connectivity index (χ3n) is 2.61. The standard InChI is InChI=1S/C11H22N2/c1-3-7-13(8-4-2)10-11-5-6-12-9-11/h3,11-12H,1,4-10H2,2H3. The molecule has 1 aliphatic rings. The molecule has 0 bridgehead atoms. The third-order valence-corrected chi connectivity index (χ3v) is 2.61. The minimum Gasteiger partial charge on any atom is -0.316 e. The van der Waals surface area contributed by atoms with Crippen LogP contribution in [-0.2, 0) is 0 Å². The van der Waals surface area contributed by atoms with E-state index in [1.54, 1.807) is 0 Å². The van der Waals surface area contributed by atoms with Crippen LogP contribution >= 0.6 is 0 Å². The maximum atomic E-state index is 3.80. The molecule has 1 rings (SSSR count). The molecule has 0 aromatic rings. The van der Waals surface area contributed by atoms with Gasteiger partial charge in [-0.3, -0.25) is 4.90 Å². The largest absolute Gasteiger partial charge is 0.316 e. The van der Waals surface area contributed by atoms with Gasteiger partial charge in [-0.05, 0) is 38.4 Å². The first-order valence-corrected chi connectivity index (χ1v) is 5.40. The maximum Gasteiger partial charge on any atom is 0.0160 e. The van der Waals surface area contributed by atoms with Crippen LogP contribution in [0.5, 0.6) is 0 Å². The van der Waals surface area contributed by atoms with Crippen LogP contribution < -0.4 is 5.32 Å². The topological polar surface area (TPSA) is 15.3 Å². The molecule has 0 aromatic heterocycles. The monoisotopic (exact) mass is 182 g/mol. The van der Waals surface area contributed by atoms with E-state index in [0.29, 0.717) is 0 Å². The van der Waals surface area contributed by atoms with Crippen LogP contribution in [0.15, 0.2) is 12.7 Å². The van der Waals surface area contributed by atoms with E-state index in [0.717, 1.165) is 12.5 Å². The quantitative estimate of drug-likeness (QED) is 0.626. The van der Waals surface area contributed by atoms with E-state index in [1.165, 1.54) is 39.0 Å². The van der Waals surface area contributed by atoms with Crippen LogP contribution in [-0.4, -0.2) is 37.6 Å². The average Bonchev–Trinajstić information content (AvgIpc) is 2.58. The van der Waals surface area contributed by atoms with Gasteiger partial charge in [-0.15, -0.1) is 6.58 Å². The van der Waals surface area contributed by atoms with Gasteiger partial charge in [0.25, 0.3) is 0 Å². The van der Waals surface area contributed by atoms with Gasteiger partial charge in [-0.25, -0.2) is 0 Å². The zero-order valence-electron chi connectivity index (χ0n) is 8.76. The minimum atomic E-state index is 0.867. The van der Waals surface area contributed by atoms with E-state index >= 15 is 0 Å². The predicted molar refractivity (Wildman–Crippen MR) is 57.9 cm³/mol. The first-order chi connectivity index (χ1) is 6.36. The Morgan fingerprint density at radius 2 is 2.46 bits per heavy atom. The fourth-order valence-corrected chi connectivity index (χ4v) is 1.99. The summed E-state index contributed by atoms with van der Waals surface area (Å²) in [6.45, 7) is 12.0. The Bertz CT molecular complexity index is 139. The SMILES string of the molecule is C=CCN(CCC)CC1CCNC1. The molecule has 1 fully saturated rings. The average molecular weight is 182 g/mol. The van der Waals surface area contributed by atoms with E-state index < -0.39 is 0 Å². The van der Waals surface area contributed by atoms with Gasteiger partial charge in [0, 0.05) is 13.1 Å². The van der Waals surface area contributed by atoms with Crippen molar-refractivity contribution in [3.05, 3.63) is 12.7 Å². The van der Waals surface area contributed by atoms with Crippen molar-refractivity contribution < 1.29 is 0 Å². The van der Waals surface area contributed by atoms with Crippen molar-refractivity contribution >= 4 is 0 Å². The smallest absolute Gasteiger partial charge is 0.0160 e. The summed E-state index contributed by atoms with van der Waals surface area (Å²) in [6, 6.07) is 0. The number of rotatable bonds is 6. The molecular weight excluding hydrogens is 160 g/mol. The molecule has 13 heavy (non-hydrogen) atoms. The second-order valence-electron chi connectivity index (χ2n) is 3.91. The number of hydrogen-bond acceptors (Lipinski definition) is 2. The van der Waals surface area contributed by atoms with Crippen molar-refractivity contribution in [1.29, 1.82) is 0 Å². The molecule has 0 aromatic carbocycles. The lowest BCUT2D eigenvalue weighted by molar-refractivity contribution is 0.260. The Hall–Kier alpha value is -0.340. The highest BCUT2D eigenvalue weighted by atomic mass is 15.1. The van der Waals surface area contributed by atoms with Gasteiger partial charge in [0.1, 0.15) is 0 Å². The highest BCUT2D eigenvalue weighted by molar-refractivity contribution is 4.79.